The molecule has 1 atom stereocenters. The van der Waals surface area contributed by atoms with Gasteiger partial charge in [0.05, 0.1) is 19.8 Å². The Bertz CT molecular complexity index is 350. The molecule has 1 aromatic rings. The van der Waals surface area contributed by atoms with Gasteiger partial charge >= 0.3 is 0 Å². The summed E-state index contributed by atoms with van der Waals surface area (Å²) in [5, 5.41) is 3.35. The van der Waals surface area contributed by atoms with Gasteiger partial charge in [-0.15, -0.1) is 0 Å². The van der Waals surface area contributed by atoms with E-state index >= 15 is 0 Å². The van der Waals surface area contributed by atoms with Gasteiger partial charge in [-0.05, 0) is 38.1 Å². The van der Waals surface area contributed by atoms with Crippen molar-refractivity contribution in [3.05, 3.63) is 29.6 Å². The van der Waals surface area contributed by atoms with Crippen molar-refractivity contribution >= 4 is 0 Å². The fourth-order valence-electron chi connectivity index (χ4n) is 1.79. The van der Waals surface area contributed by atoms with Crippen LogP contribution < -0.4 is 10.1 Å². The number of hydrogen-bond donors (Lipinski definition) is 1. The van der Waals surface area contributed by atoms with Crippen molar-refractivity contribution in [1.29, 1.82) is 0 Å². The van der Waals surface area contributed by atoms with Crippen LogP contribution in [0.15, 0.2) is 18.2 Å². The summed E-state index contributed by atoms with van der Waals surface area (Å²) >= 11 is 0. The highest BCUT2D eigenvalue weighted by Crippen LogP contribution is 2.26. The second kappa shape index (κ2) is 8.06. The van der Waals surface area contributed by atoms with Crippen molar-refractivity contribution in [2.45, 2.75) is 26.3 Å². The number of benzene rings is 1. The maximum Gasteiger partial charge on any atom is 0.123 e. The van der Waals surface area contributed by atoms with Gasteiger partial charge in [0.1, 0.15) is 11.6 Å². The Morgan fingerprint density at radius 1 is 1.33 bits per heavy atom. The first-order chi connectivity index (χ1) is 8.72. The first-order valence-corrected chi connectivity index (χ1v) is 6.37. The molecule has 0 fully saturated rings. The molecule has 0 spiro atoms. The van der Waals surface area contributed by atoms with Gasteiger partial charge in [-0.25, -0.2) is 4.39 Å². The van der Waals surface area contributed by atoms with Gasteiger partial charge in [-0.2, -0.15) is 0 Å². The van der Waals surface area contributed by atoms with Gasteiger partial charge in [-0.3, -0.25) is 0 Å². The Morgan fingerprint density at radius 3 is 2.72 bits per heavy atom. The Labute approximate surface area is 108 Å². The molecule has 102 valence electrons. The van der Waals surface area contributed by atoms with Crippen LogP contribution in [0.3, 0.4) is 0 Å². The quantitative estimate of drug-likeness (QED) is 0.774. The number of hydrogen-bond acceptors (Lipinski definition) is 3. The first kappa shape index (κ1) is 14.9. The van der Waals surface area contributed by atoms with E-state index in [1.54, 1.807) is 13.2 Å². The first-order valence-electron chi connectivity index (χ1n) is 6.37. The normalized spacial score (nSPS) is 12.4. The fourth-order valence-corrected chi connectivity index (χ4v) is 1.79. The van der Waals surface area contributed by atoms with E-state index in [4.69, 9.17) is 9.47 Å². The Morgan fingerprint density at radius 2 is 2.11 bits per heavy atom. The van der Waals surface area contributed by atoms with Crippen LogP contribution in [-0.4, -0.2) is 26.9 Å². The highest BCUT2D eigenvalue weighted by Gasteiger charge is 2.16. The lowest BCUT2D eigenvalue weighted by molar-refractivity contribution is 0.122. The highest BCUT2D eigenvalue weighted by molar-refractivity contribution is 5.36. The zero-order valence-electron chi connectivity index (χ0n) is 11.3. The minimum atomic E-state index is -0.259. The van der Waals surface area contributed by atoms with Crippen molar-refractivity contribution in [3.63, 3.8) is 0 Å². The maximum atomic E-state index is 13.4. The van der Waals surface area contributed by atoms with E-state index in [-0.39, 0.29) is 11.9 Å². The molecule has 0 aliphatic heterocycles. The summed E-state index contributed by atoms with van der Waals surface area (Å²) in [6.07, 6.45) is 1.01. The van der Waals surface area contributed by atoms with Crippen molar-refractivity contribution in [2.75, 3.05) is 26.9 Å². The molecule has 0 saturated carbocycles. The second-order valence-electron chi connectivity index (χ2n) is 4.05. The predicted molar refractivity (Wildman–Crippen MR) is 70.5 cm³/mol. The summed E-state index contributed by atoms with van der Waals surface area (Å²) < 4.78 is 24.1. The predicted octanol–water partition coefficient (Wildman–Crippen LogP) is 2.91. The van der Waals surface area contributed by atoms with E-state index in [9.17, 15) is 4.39 Å². The molecule has 1 rings (SSSR count). The average Bonchev–Trinajstić information content (AvgIpc) is 2.39. The lowest BCUT2D eigenvalue weighted by Gasteiger charge is -2.21. The topological polar surface area (TPSA) is 30.5 Å². The number of methoxy groups -OCH3 is 1. The van der Waals surface area contributed by atoms with Crippen LogP contribution in [0.5, 0.6) is 5.75 Å². The molecule has 18 heavy (non-hydrogen) atoms. The lowest BCUT2D eigenvalue weighted by atomic mass is 10.1. The molecule has 0 heterocycles. The zero-order chi connectivity index (χ0) is 13.4. The monoisotopic (exact) mass is 255 g/mol. The van der Waals surface area contributed by atoms with Crippen molar-refractivity contribution < 1.29 is 13.9 Å². The molecule has 0 aromatic heterocycles. The van der Waals surface area contributed by atoms with Crippen molar-refractivity contribution in [1.82, 2.24) is 5.32 Å². The maximum absolute atomic E-state index is 13.4. The van der Waals surface area contributed by atoms with Crippen LogP contribution in [0, 0.1) is 5.82 Å². The van der Waals surface area contributed by atoms with E-state index in [0.717, 1.165) is 18.5 Å². The Hall–Kier alpha value is -1.13. The van der Waals surface area contributed by atoms with Crippen molar-refractivity contribution in [3.8, 4) is 5.75 Å². The van der Waals surface area contributed by atoms with Crippen LogP contribution in [0.4, 0.5) is 4.39 Å². The second-order valence-corrected chi connectivity index (χ2v) is 4.05. The van der Waals surface area contributed by atoms with Gasteiger partial charge in [0.15, 0.2) is 0 Å². The minimum Gasteiger partial charge on any atom is -0.496 e. The van der Waals surface area contributed by atoms with Gasteiger partial charge in [0.2, 0.25) is 0 Å². The standard InChI is InChI=1S/C14H22FNO2/c1-4-8-16-13(10-18-5-2)12-9-11(15)6-7-14(12)17-3/h6-7,9,13,16H,4-5,8,10H2,1-3H3. The average molecular weight is 255 g/mol. The molecule has 1 aromatic carbocycles. The summed E-state index contributed by atoms with van der Waals surface area (Å²) in [6, 6.07) is 4.51. The molecular weight excluding hydrogens is 233 g/mol. The molecule has 1 N–H and O–H groups in total. The summed E-state index contributed by atoms with van der Waals surface area (Å²) in [5.41, 5.74) is 0.805. The Kier molecular flexibility index (Phi) is 6.68. The van der Waals surface area contributed by atoms with E-state index in [1.165, 1.54) is 12.1 Å². The van der Waals surface area contributed by atoms with E-state index in [1.807, 2.05) is 6.92 Å². The zero-order valence-corrected chi connectivity index (χ0v) is 11.3. The Balaban J connectivity index is 2.90. The molecule has 0 bridgehead atoms. The largest absolute Gasteiger partial charge is 0.496 e. The molecule has 1 unspecified atom stereocenters. The fraction of sp³-hybridized carbons (Fsp3) is 0.571. The number of rotatable bonds is 8. The molecule has 0 saturated heterocycles. The number of nitrogens with one attached hydrogen (secondary N) is 1. The smallest absolute Gasteiger partial charge is 0.123 e. The third kappa shape index (κ3) is 4.27. The highest BCUT2D eigenvalue weighted by atomic mass is 19.1. The summed E-state index contributed by atoms with van der Waals surface area (Å²) in [7, 11) is 1.59. The van der Waals surface area contributed by atoms with Crippen LogP contribution in [0.1, 0.15) is 31.9 Å². The molecule has 3 nitrogen and oxygen atoms in total. The van der Waals surface area contributed by atoms with Gasteiger partial charge in [0, 0.05) is 12.2 Å². The third-order valence-electron chi connectivity index (χ3n) is 2.70. The number of ether oxygens (including phenoxy) is 2. The van der Waals surface area contributed by atoms with Crippen molar-refractivity contribution in [2.24, 2.45) is 0 Å². The van der Waals surface area contributed by atoms with E-state index in [0.29, 0.717) is 19.0 Å². The SMILES string of the molecule is CCCNC(COCC)c1cc(F)ccc1OC. The number of halogens is 1. The molecule has 0 aliphatic rings. The minimum absolute atomic E-state index is 0.0458. The van der Waals surface area contributed by atoms with E-state index < -0.39 is 0 Å². The summed E-state index contributed by atoms with van der Waals surface area (Å²) in [5.74, 6) is 0.426. The molecule has 0 aliphatic carbocycles. The van der Waals surface area contributed by atoms with Crippen LogP contribution in [0.25, 0.3) is 0 Å². The van der Waals surface area contributed by atoms with Gasteiger partial charge < -0.3 is 14.8 Å². The molecule has 0 amide bonds. The van der Waals surface area contributed by atoms with E-state index in [2.05, 4.69) is 12.2 Å². The van der Waals surface area contributed by atoms with Crippen LogP contribution in [0.2, 0.25) is 0 Å². The molecule has 4 heteroatoms. The summed E-state index contributed by atoms with van der Waals surface area (Å²) in [6.45, 7) is 6.04. The third-order valence-corrected chi connectivity index (χ3v) is 2.70. The van der Waals surface area contributed by atoms with Gasteiger partial charge in [0.25, 0.3) is 0 Å². The lowest BCUT2D eigenvalue weighted by Crippen LogP contribution is -2.27. The summed E-state index contributed by atoms with van der Waals surface area (Å²) in [4.78, 5) is 0. The molecular formula is C14H22FNO2. The van der Waals surface area contributed by atoms with Gasteiger partial charge in [-0.1, -0.05) is 6.92 Å². The molecule has 0 radical (unpaired) electrons. The van der Waals surface area contributed by atoms with Crippen LogP contribution >= 0.6 is 0 Å². The van der Waals surface area contributed by atoms with Crippen LogP contribution in [-0.2, 0) is 4.74 Å².